The van der Waals surface area contributed by atoms with Crippen molar-refractivity contribution in [2.24, 2.45) is 11.8 Å². The molecule has 2 fully saturated rings. The zero-order valence-electron chi connectivity index (χ0n) is 47.2. The smallest absolute Gasteiger partial charge is 0.397 e. The second kappa shape index (κ2) is 30.1. The van der Waals surface area contributed by atoms with Gasteiger partial charge in [0.1, 0.15) is 78.5 Å². The summed E-state index contributed by atoms with van der Waals surface area (Å²) >= 11 is 0. The lowest BCUT2D eigenvalue weighted by Crippen LogP contribution is -2.66. The molecule has 5 rings (SSSR count). The highest BCUT2D eigenvalue weighted by Gasteiger charge is 2.47. The number of nitrogens with zero attached hydrogens (tertiary/aromatic N) is 2. The van der Waals surface area contributed by atoms with Gasteiger partial charge < -0.3 is 65.9 Å². The number of cyclic esters (lactones) is 1. The maximum Gasteiger partial charge on any atom is 0.397 e. The molecule has 2 aliphatic rings. The lowest BCUT2D eigenvalue weighted by atomic mass is 9.91. The van der Waals surface area contributed by atoms with Gasteiger partial charge in [-0.3, -0.25) is 38.1 Å². The zero-order chi connectivity index (χ0) is 60.6. The number of phenolic OH excluding ortho intramolecular Hbond substituents is 2. The number of aliphatic hydroxyl groups is 1. The maximum absolute atomic E-state index is 15.1. The van der Waals surface area contributed by atoms with Gasteiger partial charge in [0.2, 0.25) is 35.4 Å². The van der Waals surface area contributed by atoms with E-state index in [0.29, 0.717) is 28.9 Å². The second-order valence-electron chi connectivity index (χ2n) is 20.7. The van der Waals surface area contributed by atoms with E-state index >= 15 is 9.59 Å². The number of carbonyl (C=O) groups excluding carboxylic acids is 8. The molecule has 9 N–H and O–H groups in total. The van der Waals surface area contributed by atoms with Crippen LogP contribution in [0.3, 0.4) is 0 Å². The van der Waals surface area contributed by atoms with Crippen molar-refractivity contribution in [3.8, 4) is 17.2 Å². The van der Waals surface area contributed by atoms with Crippen molar-refractivity contribution in [1.29, 1.82) is 0 Å². The van der Waals surface area contributed by atoms with Crippen LogP contribution in [0.15, 0.2) is 72.8 Å². The second-order valence-corrected chi connectivity index (χ2v) is 21.8. The maximum atomic E-state index is 15.1. The number of carbonyl (C=O) groups is 8. The Bertz CT molecular complexity index is 2810. The highest BCUT2D eigenvalue weighted by molar-refractivity contribution is 7.80. The predicted molar refractivity (Wildman–Crippen MR) is 294 cm³/mol. The van der Waals surface area contributed by atoms with Gasteiger partial charge >= 0.3 is 16.4 Å². The summed E-state index contributed by atoms with van der Waals surface area (Å²) in [5.74, 6) is -8.55. The fourth-order valence-electron chi connectivity index (χ4n) is 9.55. The van der Waals surface area contributed by atoms with Crippen molar-refractivity contribution in [3.63, 3.8) is 0 Å². The van der Waals surface area contributed by atoms with E-state index in [9.17, 15) is 57.1 Å². The first-order chi connectivity index (χ1) is 38.8. The molecule has 7 amide bonds. The summed E-state index contributed by atoms with van der Waals surface area (Å²) in [6.45, 7) is 7.12. The number of aromatic hydroxyl groups is 2. The number of fused-ring (bicyclic) bond motifs is 2. The highest BCUT2D eigenvalue weighted by atomic mass is 32.3. The Labute approximate surface area is 477 Å². The average molecular weight is 1170 g/mol. The molecule has 82 heavy (non-hydrogen) atoms. The summed E-state index contributed by atoms with van der Waals surface area (Å²) in [4.78, 5) is 120. The summed E-state index contributed by atoms with van der Waals surface area (Å²) in [5.41, 5.74) is 1.75. The summed E-state index contributed by atoms with van der Waals surface area (Å²) < 4.78 is 52.9. The number of hydrogen-bond acceptors (Lipinski definition) is 17. The lowest BCUT2D eigenvalue weighted by molar-refractivity contribution is -0.168. The Morgan fingerprint density at radius 1 is 0.768 bits per heavy atom. The van der Waals surface area contributed by atoms with E-state index in [1.165, 1.54) is 45.3 Å². The van der Waals surface area contributed by atoms with E-state index in [2.05, 4.69) is 30.8 Å². The highest BCUT2D eigenvalue weighted by Crippen LogP contribution is 2.28. The van der Waals surface area contributed by atoms with E-state index in [1.54, 1.807) is 76.2 Å². The minimum atomic E-state index is -5.06. The van der Waals surface area contributed by atoms with Crippen LogP contribution in [0.4, 0.5) is 0 Å². The Balaban J connectivity index is 1.65. The van der Waals surface area contributed by atoms with Gasteiger partial charge in [-0.2, -0.15) is 8.42 Å². The van der Waals surface area contributed by atoms with Crippen LogP contribution in [0.1, 0.15) is 89.8 Å². The van der Waals surface area contributed by atoms with Crippen LogP contribution in [-0.2, 0) is 81.7 Å². The molecule has 3 aromatic carbocycles. The fraction of sp³-hybridized carbons (Fsp3) is 0.536. The normalized spacial score (nSPS) is 24.0. The Hall–Kier alpha value is -7.39. The molecule has 3 aromatic rings. The van der Waals surface area contributed by atoms with E-state index in [1.807, 2.05) is 0 Å². The quantitative estimate of drug-likeness (QED) is 0.0537. The summed E-state index contributed by atoms with van der Waals surface area (Å²) in [5, 5.41) is 44.7. The van der Waals surface area contributed by atoms with Gasteiger partial charge in [-0.1, -0.05) is 76.9 Å². The van der Waals surface area contributed by atoms with Crippen LogP contribution in [0, 0.1) is 11.8 Å². The molecule has 2 aliphatic heterocycles. The van der Waals surface area contributed by atoms with E-state index in [0.717, 1.165) is 16.9 Å². The third-order valence-electron chi connectivity index (χ3n) is 15.0. The summed E-state index contributed by atoms with van der Waals surface area (Å²) in [6.07, 6.45) is -4.90. The molecule has 2 heterocycles. The van der Waals surface area contributed by atoms with Crippen molar-refractivity contribution in [1.82, 2.24) is 36.4 Å². The van der Waals surface area contributed by atoms with Gasteiger partial charge in [0.15, 0.2) is 6.10 Å². The number of nitrogens with one attached hydrogen (secondary N) is 5. The molecule has 0 saturated carbocycles. The number of rotatable bonds is 21. The van der Waals surface area contributed by atoms with Crippen molar-refractivity contribution >= 4 is 57.7 Å². The molecular formula is C56H77N7O18S. The topological polar surface area (TPSA) is 355 Å². The minimum Gasteiger partial charge on any atom is -0.508 e. The molecular weight excluding hydrogens is 1090 g/mol. The average Bonchev–Trinajstić information content (AvgIpc) is 3.05. The number of piperidine rings is 1. The molecule has 26 heteroatoms. The predicted octanol–water partition coefficient (Wildman–Crippen LogP) is 1.35. The van der Waals surface area contributed by atoms with Crippen LogP contribution in [0.5, 0.6) is 17.2 Å². The molecule has 12 atom stereocenters. The SMILES string of the molecule is CC[C@@H](C)C1C(=O)N(C)[C@@H](Cc2ccc(OC)cc2)C(=O)N[C@@H]([C@@H](C)CC)C(=O)O[C@H](C)[C@@H](NC(=O)[C@H](CCc2ccc(O)cc2)NC(=O)[C@H](COS(=O)(=O)O)OC)C(=O)N[C@@H](CCc2ccc(O)cc2)C(=O)N[C@H]2CC[C@H](O)N1C2=O. The number of aliphatic hydroxyl groups excluding tert-OH is 1. The Kier molecular flexibility index (Phi) is 24.0. The van der Waals surface area contributed by atoms with Crippen molar-refractivity contribution in [2.75, 3.05) is 27.9 Å². The molecule has 2 bridgehead atoms. The standard InChI is InChI=1S/C56H77N7O18S/c1-9-31(3)46-56(74)81-33(5)47(61-50(68)41(26-18-35-13-21-38(65)22-14-35)57-52(70)44(79-8)30-80-82(75,76)77)53(71)58-40(25-17-34-11-19-37(64)20-12-34)49(67)59-42-27-28-45(66)63(54(42)72)48(32(4)10-2)55(73)62(6)43(51(69)60-46)29-36-15-23-39(78-7)24-16-36/h11-16,19-24,31-33,40-48,64-66H,9-10,17-18,25-30H2,1-8H3,(H,57,70)(H,58,71)(H,59,67)(H,60,69)(H,61,68)(H,75,76,77)/t31-,32+,33+,40-,41-,42-,43-,44-,45-,46-,47+,48?/m0/s1. The van der Waals surface area contributed by atoms with Crippen LogP contribution < -0.4 is 31.3 Å². The first kappa shape index (κ1) is 65.4. The molecule has 0 aliphatic carbocycles. The fourth-order valence-corrected chi connectivity index (χ4v) is 9.84. The third kappa shape index (κ3) is 18.1. The van der Waals surface area contributed by atoms with Crippen LogP contribution in [0.25, 0.3) is 0 Å². The van der Waals surface area contributed by atoms with Crippen molar-refractivity contribution in [2.45, 2.75) is 153 Å². The molecule has 0 aromatic heterocycles. The Morgan fingerprint density at radius 2 is 1.35 bits per heavy atom. The van der Waals surface area contributed by atoms with Crippen LogP contribution >= 0.6 is 0 Å². The van der Waals surface area contributed by atoms with E-state index in [-0.39, 0.29) is 62.9 Å². The summed E-state index contributed by atoms with van der Waals surface area (Å²) in [7, 11) is -1.18. The van der Waals surface area contributed by atoms with Gasteiger partial charge in [0, 0.05) is 20.6 Å². The van der Waals surface area contributed by atoms with Gasteiger partial charge in [-0.25, -0.2) is 8.98 Å². The first-order valence-corrected chi connectivity index (χ1v) is 28.5. The van der Waals surface area contributed by atoms with Crippen LogP contribution in [-0.4, -0.2) is 174 Å². The van der Waals surface area contributed by atoms with Crippen LogP contribution in [0.2, 0.25) is 0 Å². The number of ether oxygens (including phenoxy) is 3. The monoisotopic (exact) mass is 1170 g/mol. The largest absolute Gasteiger partial charge is 0.508 e. The lowest BCUT2D eigenvalue weighted by Gasteiger charge is -2.44. The number of methoxy groups -OCH3 is 2. The summed E-state index contributed by atoms with van der Waals surface area (Å²) in [6, 6.07) is 7.90. The van der Waals surface area contributed by atoms with E-state index < -0.39 is 137 Å². The third-order valence-corrected chi connectivity index (χ3v) is 15.4. The number of esters is 1. The van der Waals surface area contributed by atoms with Gasteiger partial charge in [0.25, 0.3) is 5.91 Å². The molecule has 1 unspecified atom stereocenters. The van der Waals surface area contributed by atoms with Gasteiger partial charge in [-0.15, -0.1) is 0 Å². The molecule has 2 saturated heterocycles. The van der Waals surface area contributed by atoms with Crippen molar-refractivity contribution in [3.05, 3.63) is 89.5 Å². The van der Waals surface area contributed by atoms with Crippen molar-refractivity contribution < 1.29 is 85.0 Å². The van der Waals surface area contributed by atoms with Gasteiger partial charge in [0.05, 0.1) is 7.11 Å². The molecule has 25 nitrogen and oxygen atoms in total. The van der Waals surface area contributed by atoms with E-state index in [4.69, 9.17) is 14.2 Å². The molecule has 450 valence electrons. The number of aryl methyl sites for hydroxylation is 2. The first-order valence-electron chi connectivity index (χ1n) is 27.1. The number of hydrogen-bond donors (Lipinski definition) is 9. The zero-order valence-corrected chi connectivity index (χ0v) is 48.1. The minimum absolute atomic E-state index is 0.0434. The van der Waals surface area contributed by atoms with Gasteiger partial charge in [-0.05, 0) is 110 Å². The molecule has 0 radical (unpaired) electrons. The number of benzene rings is 3. The number of amides is 7. The Morgan fingerprint density at radius 3 is 1.91 bits per heavy atom. The molecule has 0 spiro atoms. The number of phenols is 2. The number of likely N-dealkylation sites (N-methyl/N-ethyl adjacent to an activating group) is 1.